The molecule has 5 amide bonds. The number of carbonyl (C=O) groups excluding carboxylic acids is 5. The van der Waals surface area contributed by atoms with E-state index in [1.807, 2.05) is 31.2 Å². The number of hydrogen-bond donors (Lipinski definition) is 3. The van der Waals surface area contributed by atoms with Crippen molar-refractivity contribution in [2.45, 2.75) is 32.7 Å². The summed E-state index contributed by atoms with van der Waals surface area (Å²) >= 11 is 0. The van der Waals surface area contributed by atoms with Crippen molar-refractivity contribution in [3.8, 4) is 11.1 Å². The van der Waals surface area contributed by atoms with Gasteiger partial charge in [0.1, 0.15) is 24.9 Å². The summed E-state index contributed by atoms with van der Waals surface area (Å²) in [7, 11) is 1.56. The van der Waals surface area contributed by atoms with Crippen molar-refractivity contribution in [2.75, 3.05) is 166 Å². The third-order valence-electron chi connectivity index (χ3n) is 10.4. The van der Waals surface area contributed by atoms with Gasteiger partial charge in [-0.2, -0.15) is 0 Å². The Kier molecular flexibility index (Phi) is 31.3. The fourth-order valence-corrected chi connectivity index (χ4v) is 6.72. The molecule has 24 heteroatoms. The van der Waals surface area contributed by atoms with E-state index in [0.717, 1.165) is 40.2 Å². The summed E-state index contributed by atoms with van der Waals surface area (Å²) in [5.41, 5.74) is 9.81. The van der Waals surface area contributed by atoms with Gasteiger partial charge < -0.3 is 73.4 Å². The number of nitrogens with two attached hydrogens (primary N) is 1. The quantitative estimate of drug-likeness (QED) is 0.0474. The summed E-state index contributed by atoms with van der Waals surface area (Å²) < 4.78 is 60.1. The summed E-state index contributed by atoms with van der Waals surface area (Å²) in [6.07, 6.45) is 8.70. The highest BCUT2D eigenvalue weighted by molar-refractivity contribution is 6.14. The smallest absolute Gasteiger partial charge is 0.254 e. The van der Waals surface area contributed by atoms with Crippen LogP contribution < -0.4 is 16.4 Å². The van der Waals surface area contributed by atoms with Gasteiger partial charge in [0, 0.05) is 74.3 Å². The number of nitrogens with zero attached hydrogens (tertiary/aromatic N) is 5. The molecule has 3 heterocycles. The van der Waals surface area contributed by atoms with Crippen molar-refractivity contribution in [3.05, 3.63) is 59.7 Å². The average Bonchev–Trinajstić information content (AvgIpc) is 3.60. The van der Waals surface area contributed by atoms with Crippen LogP contribution in [0.15, 0.2) is 53.3 Å². The first-order valence-electron chi connectivity index (χ1n) is 24.8. The molecule has 410 valence electrons. The van der Waals surface area contributed by atoms with E-state index in [2.05, 4.69) is 25.6 Å². The van der Waals surface area contributed by atoms with Crippen LogP contribution in [-0.2, 0) is 82.6 Å². The maximum atomic E-state index is 13.2. The van der Waals surface area contributed by atoms with E-state index < -0.39 is 17.7 Å². The van der Waals surface area contributed by atoms with Gasteiger partial charge in [-0.05, 0) is 24.1 Å². The number of hydrogen-bond acceptors (Lipinski definition) is 20. The first-order chi connectivity index (χ1) is 36.2. The zero-order valence-electron chi connectivity index (χ0n) is 42.8. The maximum absolute atomic E-state index is 13.2. The summed E-state index contributed by atoms with van der Waals surface area (Å²) in [5, 5.41) is 5.40. The molecule has 2 aliphatic rings. The maximum Gasteiger partial charge on any atom is 0.254 e. The van der Waals surface area contributed by atoms with E-state index >= 15 is 0 Å². The third kappa shape index (κ3) is 25.5. The number of methoxy groups -OCH3 is 1. The van der Waals surface area contributed by atoms with E-state index in [1.165, 1.54) is 0 Å². The van der Waals surface area contributed by atoms with Crippen LogP contribution in [0.5, 0.6) is 0 Å². The van der Waals surface area contributed by atoms with Gasteiger partial charge in [0.25, 0.3) is 17.7 Å². The molecular weight excluding hydrogens is 969 g/mol. The van der Waals surface area contributed by atoms with Crippen LogP contribution in [0.3, 0.4) is 0 Å². The zero-order valence-corrected chi connectivity index (χ0v) is 42.8. The molecule has 0 radical (unpaired) electrons. The first-order valence-corrected chi connectivity index (χ1v) is 24.8. The minimum absolute atomic E-state index is 0.130. The summed E-state index contributed by atoms with van der Waals surface area (Å²) in [6.45, 7) is 10.9. The van der Waals surface area contributed by atoms with Crippen LogP contribution in [0.1, 0.15) is 37.6 Å². The van der Waals surface area contributed by atoms with Crippen LogP contribution in [0.25, 0.3) is 17.2 Å². The van der Waals surface area contributed by atoms with Crippen molar-refractivity contribution in [1.29, 1.82) is 0 Å². The fourth-order valence-electron chi connectivity index (χ4n) is 6.72. The minimum Gasteiger partial charge on any atom is -0.387 e. The standard InChI is InChI=1S/C50H74N8O16/c1-3-10-57(38-64-2)50(63)41-31-40-5-4-39(32-43(40)56-44(51)33-41)42-34-53-45(54-35-42)36-55-46(59)8-11-65-13-15-67-17-19-69-21-23-71-25-27-73-29-30-74-28-26-72-24-22-70-20-18-68-16-14-66-12-9-52-47(60)37-58-48(61)6-7-49(58)62/h4-7,31-32,34-35H,3,8-30,33,36-38H2,1-2H3,(H2,51,56)(H,52,60)(H,55,59). The van der Waals surface area contributed by atoms with Gasteiger partial charge in [-0.15, -0.1) is 0 Å². The molecule has 0 saturated heterocycles. The Morgan fingerprint density at radius 2 is 1.14 bits per heavy atom. The highest BCUT2D eigenvalue weighted by Crippen LogP contribution is 2.32. The lowest BCUT2D eigenvalue weighted by molar-refractivity contribution is -0.141. The molecule has 74 heavy (non-hydrogen) atoms. The molecule has 1 aromatic carbocycles. The number of nitrogens with one attached hydrogen (secondary N) is 2. The predicted octanol–water partition coefficient (Wildman–Crippen LogP) is 0.975. The number of rotatable bonds is 43. The largest absolute Gasteiger partial charge is 0.387 e. The van der Waals surface area contributed by atoms with Gasteiger partial charge in [-0.25, -0.2) is 15.0 Å². The minimum atomic E-state index is -0.499. The Balaban J connectivity index is 0.848. The molecule has 24 nitrogen and oxygen atoms in total. The van der Waals surface area contributed by atoms with Crippen molar-refractivity contribution in [1.82, 2.24) is 30.4 Å². The van der Waals surface area contributed by atoms with Crippen LogP contribution >= 0.6 is 0 Å². The van der Waals surface area contributed by atoms with Gasteiger partial charge in [0.05, 0.1) is 144 Å². The fraction of sp³-hybridized carbons (Fsp3) is 0.600. The molecule has 0 atom stereocenters. The number of carbonyl (C=O) groups is 5. The molecule has 2 aliphatic heterocycles. The molecule has 0 saturated carbocycles. The second-order valence-electron chi connectivity index (χ2n) is 16.2. The molecule has 0 bridgehead atoms. The van der Waals surface area contributed by atoms with Crippen molar-refractivity contribution in [2.24, 2.45) is 10.7 Å². The SMILES string of the molecule is CCCN(COC)C(=O)C1=Cc2ccc(-c3cnc(CNC(=O)CCOCCOCCOCCOCCOCCOCCOCCOCCOCCOCCNC(=O)CN4C(=O)C=CC4=O)nc3)cc2N=C(N)C1. The van der Waals surface area contributed by atoms with E-state index in [9.17, 15) is 24.0 Å². The average molecular weight is 1040 g/mol. The van der Waals surface area contributed by atoms with Gasteiger partial charge in [-0.1, -0.05) is 19.1 Å². The molecule has 4 N–H and O–H groups in total. The number of fused-ring (bicyclic) bond motifs is 1. The summed E-state index contributed by atoms with van der Waals surface area (Å²) in [4.78, 5) is 76.3. The highest BCUT2D eigenvalue weighted by Gasteiger charge is 2.25. The number of amidine groups is 1. The first kappa shape index (κ1) is 60.9. The number of amides is 5. The summed E-state index contributed by atoms with van der Waals surface area (Å²) in [5.74, 6) is -0.944. The lowest BCUT2D eigenvalue weighted by atomic mass is 10.0. The van der Waals surface area contributed by atoms with Gasteiger partial charge in [0.15, 0.2) is 0 Å². The number of aromatic nitrogens is 2. The number of imide groups is 1. The molecule has 4 rings (SSSR count). The van der Waals surface area contributed by atoms with Crippen molar-refractivity contribution < 1.29 is 76.1 Å². The van der Waals surface area contributed by atoms with E-state index in [0.29, 0.717) is 148 Å². The number of benzene rings is 1. The lowest BCUT2D eigenvalue weighted by Crippen LogP contribution is -2.41. The van der Waals surface area contributed by atoms with E-state index in [1.54, 1.807) is 24.4 Å². The topological polar surface area (TPSA) is 282 Å². The monoisotopic (exact) mass is 1040 g/mol. The number of ether oxygens (including phenoxy) is 11. The Morgan fingerprint density at radius 1 is 0.649 bits per heavy atom. The number of aliphatic imine (C=N–C) groups is 1. The van der Waals surface area contributed by atoms with Crippen LogP contribution in [-0.4, -0.2) is 221 Å². The Bertz CT molecular complexity index is 2050. The van der Waals surface area contributed by atoms with Crippen molar-refractivity contribution in [3.63, 3.8) is 0 Å². The molecule has 1 aromatic heterocycles. The van der Waals surface area contributed by atoms with Crippen LogP contribution in [0.2, 0.25) is 0 Å². The Hall–Kier alpha value is -5.64. The van der Waals surface area contributed by atoms with Gasteiger partial charge in [-0.3, -0.25) is 28.9 Å². The van der Waals surface area contributed by atoms with Crippen molar-refractivity contribution >= 4 is 47.1 Å². The molecule has 0 unspecified atom stereocenters. The second-order valence-corrected chi connectivity index (χ2v) is 16.2. The normalized spacial score (nSPS) is 13.2. The second kappa shape index (κ2) is 38.0. The molecule has 0 fully saturated rings. The Labute approximate surface area is 432 Å². The van der Waals surface area contributed by atoms with Crippen LogP contribution in [0.4, 0.5) is 5.69 Å². The van der Waals surface area contributed by atoms with Crippen LogP contribution in [0, 0.1) is 0 Å². The highest BCUT2D eigenvalue weighted by atomic mass is 16.6. The molecular formula is C50H74N8O16. The summed E-state index contributed by atoms with van der Waals surface area (Å²) in [6, 6.07) is 5.70. The lowest BCUT2D eigenvalue weighted by Gasteiger charge is -2.22. The molecule has 0 spiro atoms. The van der Waals surface area contributed by atoms with E-state index in [4.69, 9.17) is 57.8 Å². The molecule has 2 aromatic rings. The van der Waals surface area contributed by atoms with E-state index in [-0.39, 0.29) is 64.2 Å². The third-order valence-corrected chi connectivity index (χ3v) is 10.4. The zero-order chi connectivity index (χ0) is 52.9. The van der Waals surface area contributed by atoms with Gasteiger partial charge in [0.2, 0.25) is 11.8 Å². The Morgan fingerprint density at radius 3 is 1.62 bits per heavy atom. The predicted molar refractivity (Wildman–Crippen MR) is 269 cm³/mol. The van der Waals surface area contributed by atoms with Gasteiger partial charge >= 0.3 is 0 Å². The molecule has 0 aliphatic carbocycles.